The van der Waals surface area contributed by atoms with Gasteiger partial charge in [0.2, 0.25) is 0 Å². The standard InChI is InChI=1S/C22H24ClN3O3/c1-16(20-15-18(23)7-8-21(20)27)24-9-3-5-17-4-2-6-19(14-17)25-10-12-26(13-11-25)22(28)29/h2,4,6-8,14-16,24,27H,9-13H2,1H3,(H,28,29). The van der Waals surface area contributed by atoms with E-state index in [0.29, 0.717) is 37.7 Å². The largest absolute Gasteiger partial charge is 0.508 e. The molecule has 1 aliphatic rings. The SMILES string of the molecule is CC(NCC#Cc1cccc(N2CCN(C(=O)O)CC2)c1)c1cc(Cl)ccc1O. The molecule has 1 fully saturated rings. The first-order chi connectivity index (χ1) is 13.9. The van der Waals surface area contributed by atoms with E-state index in [4.69, 9.17) is 16.7 Å². The Kier molecular flexibility index (Phi) is 6.86. The van der Waals surface area contributed by atoms with Crippen LogP contribution in [-0.2, 0) is 0 Å². The second-order valence-corrected chi connectivity index (χ2v) is 7.35. The van der Waals surface area contributed by atoms with Crippen molar-refractivity contribution < 1.29 is 15.0 Å². The summed E-state index contributed by atoms with van der Waals surface area (Å²) < 4.78 is 0. The topological polar surface area (TPSA) is 76.0 Å². The van der Waals surface area contributed by atoms with Crippen molar-refractivity contribution in [3.8, 4) is 17.6 Å². The number of phenols is 1. The summed E-state index contributed by atoms with van der Waals surface area (Å²) in [6.45, 7) is 4.77. The lowest BCUT2D eigenvalue weighted by atomic mass is 10.1. The van der Waals surface area contributed by atoms with E-state index in [1.165, 1.54) is 4.90 Å². The highest BCUT2D eigenvalue weighted by molar-refractivity contribution is 6.30. The van der Waals surface area contributed by atoms with Crippen LogP contribution >= 0.6 is 11.6 Å². The number of hydrogen-bond acceptors (Lipinski definition) is 4. The summed E-state index contributed by atoms with van der Waals surface area (Å²) in [7, 11) is 0. The molecule has 1 unspecified atom stereocenters. The summed E-state index contributed by atoms with van der Waals surface area (Å²) in [6, 6.07) is 12.9. The van der Waals surface area contributed by atoms with E-state index < -0.39 is 6.09 Å². The van der Waals surface area contributed by atoms with Gasteiger partial charge in [-0.2, -0.15) is 0 Å². The quantitative estimate of drug-likeness (QED) is 0.668. The monoisotopic (exact) mass is 413 g/mol. The maximum atomic E-state index is 11.0. The van der Waals surface area contributed by atoms with Crippen LogP contribution in [0, 0.1) is 11.8 Å². The lowest BCUT2D eigenvalue weighted by Gasteiger charge is -2.34. The third-order valence-corrected chi connectivity index (χ3v) is 5.18. The summed E-state index contributed by atoms with van der Waals surface area (Å²) in [4.78, 5) is 14.6. The van der Waals surface area contributed by atoms with Crippen molar-refractivity contribution in [2.45, 2.75) is 13.0 Å². The minimum atomic E-state index is -0.864. The van der Waals surface area contributed by atoms with E-state index in [0.717, 1.165) is 16.8 Å². The summed E-state index contributed by atoms with van der Waals surface area (Å²) in [5.74, 6) is 6.47. The predicted octanol–water partition coefficient (Wildman–Crippen LogP) is 3.55. The number of carbonyl (C=O) groups is 1. The van der Waals surface area contributed by atoms with Crippen LogP contribution in [0.3, 0.4) is 0 Å². The fraction of sp³-hybridized carbons (Fsp3) is 0.318. The number of amides is 1. The number of nitrogens with zero attached hydrogens (tertiary/aromatic N) is 2. The van der Waals surface area contributed by atoms with Gasteiger partial charge in [0.25, 0.3) is 0 Å². The van der Waals surface area contributed by atoms with E-state index in [1.807, 2.05) is 31.2 Å². The molecule has 1 amide bonds. The zero-order chi connectivity index (χ0) is 20.8. The van der Waals surface area contributed by atoms with Crippen molar-refractivity contribution in [1.29, 1.82) is 0 Å². The van der Waals surface area contributed by atoms with Crippen molar-refractivity contribution in [3.63, 3.8) is 0 Å². The van der Waals surface area contributed by atoms with E-state index in [1.54, 1.807) is 18.2 Å². The number of nitrogens with one attached hydrogen (secondary N) is 1. The van der Waals surface area contributed by atoms with Gasteiger partial charge in [-0.15, -0.1) is 0 Å². The highest BCUT2D eigenvalue weighted by Gasteiger charge is 2.20. The molecule has 1 atom stereocenters. The molecule has 0 saturated carbocycles. The van der Waals surface area contributed by atoms with E-state index in [2.05, 4.69) is 22.1 Å². The Hall–Kier alpha value is -2.88. The molecule has 7 heteroatoms. The second kappa shape index (κ2) is 9.55. The van der Waals surface area contributed by atoms with Gasteiger partial charge in [-0.3, -0.25) is 5.32 Å². The van der Waals surface area contributed by atoms with Crippen molar-refractivity contribution >= 4 is 23.4 Å². The molecule has 2 aromatic rings. The van der Waals surface area contributed by atoms with Gasteiger partial charge in [0.05, 0.1) is 6.54 Å². The van der Waals surface area contributed by atoms with Gasteiger partial charge >= 0.3 is 6.09 Å². The lowest BCUT2D eigenvalue weighted by molar-refractivity contribution is 0.142. The second-order valence-electron chi connectivity index (χ2n) is 6.91. The number of phenolic OH excluding ortho intramolecular Hbond substituents is 1. The van der Waals surface area contributed by atoms with Gasteiger partial charge in [0.15, 0.2) is 0 Å². The van der Waals surface area contributed by atoms with E-state index in [-0.39, 0.29) is 11.8 Å². The Balaban J connectivity index is 1.57. The number of piperazine rings is 1. The number of carboxylic acid groups (broad SMARTS) is 1. The van der Waals surface area contributed by atoms with Crippen molar-refractivity contribution in [1.82, 2.24) is 10.2 Å². The van der Waals surface area contributed by atoms with Gasteiger partial charge in [-0.25, -0.2) is 4.79 Å². The van der Waals surface area contributed by atoms with Gasteiger partial charge in [0.1, 0.15) is 5.75 Å². The number of rotatable bonds is 4. The van der Waals surface area contributed by atoms with Crippen LogP contribution in [0.5, 0.6) is 5.75 Å². The number of halogens is 1. The predicted molar refractivity (Wildman–Crippen MR) is 115 cm³/mol. The number of aromatic hydroxyl groups is 1. The van der Waals surface area contributed by atoms with Crippen LogP contribution in [0.2, 0.25) is 5.02 Å². The van der Waals surface area contributed by atoms with Gasteiger partial charge in [-0.05, 0) is 43.3 Å². The average Bonchev–Trinajstić information content (AvgIpc) is 2.73. The molecular formula is C22H24ClN3O3. The minimum Gasteiger partial charge on any atom is -0.508 e. The summed E-state index contributed by atoms with van der Waals surface area (Å²) in [6.07, 6.45) is -0.864. The molecule has 29 heavy (non-hydrogen) atoms. The Morgan fingerprint density at radius 3 is 2.69 bits per heavy atom. The average molecular weight is 414 g/mol. The Morgan fingerprint density at radius 2 is 1.97 bits per heavy atom. The molecule has 0 bridgehead atoms. The van der Waals surface area contributed by atoms with Crippen LogP contribution in [0.15, 0.2) is 42.5 Å². The molecule has 0 aliphatic carbocycles. The Morgan fingerprint density at radius 1 is 1.21 bits per heavy atom. The minimum absolute atomic E-state index is 0.0835. The zero-order valence-corrected chi connectivity index (χ0v) is 17.0. The lowest BCUT2D eigenvalue weighted by Crippen LogP contribution is -2.48. The first-order valence-electron chi connectivity index (χ1n) is 9.47. The molecule has 1 saturated heterocycles. The van der Waals surface area contributed by atoms with Gasteiger partial charge in [0, 0.05) is 54.1 Å². The molecule has 0 spiro atoms. The normalized spacial score (nSPS) is 14.8. The maximum Gasteiger partial charge on any atom is 0.407 e. The van der Waals surface area contributed by atoms with Crippen LogP contribution in [0.25, 0.3) is 0 Å². The van der Waals surface area contributed by atoms with Gasteiger partial charge in [-0.1, -0.05) is 29.5 Å². The fourth-order valence-electron chi connectivity index (χ4n) is 3.27. The number of anilines is 1. The third-order valence-electron chi connectivity index (χ3n) is 4.95. The van der Waals surface area contributed by atoms with Crippen LogP contribution < -0.4 is 10.2 Å². The molecule has 2 aromatic carbocycles. The molecule has 152 valence electrons. The van der Waals surface area contributed by atoms with Crippen molar-refractivity contribution in [2.24, 2.45) is 0 Å². The number of hydrogen-bond donors (Lipinski definition) is 3. The highest BCUT2D eigenvalue weighted by Crippen LogP contribution is 2.27. The number of benzene rings is 2. The molecule has 1 aliphatic heterocycles. The molecule has 6 nitrogen and oxygen atoms in total. The van der Waals surface area contributed by atoms with Crippen LogP contribution in [0.1, 0.15) is 24.1 Å². The summed E-state index contributed by atoms with van der Waals surface area (Å²) in [5.41, 5.74) is 2.69. The third kappa shape index (κ3) is 5.57. The first kappa shape index (κ1) is 20.8. The summed E-state index contributed by atoms with van der Waals surface area (Å²) >= 11 is 6.00. The van der Waals surface area contributed by atoms with Gasteiger partial charge < -0.3 is 20.0 Å². The maximum absolute atomic E-state index is 11.0. The molecular weight excluding hydrogens is 390 g/mol. The Bertz CT molecular complexity index is 930. The zero-order valence-electron chi connectivity index (χ0n) is 16.2. The molecule has 3 N–H and O–H groups in total. The van der Waals surface area contributed by atoms with Crippen molar-refractivity contribution in [2.75, 3.05) is 37.6 Å². The Labute approximate surface area is 175 Å². The van der Waals surface area contributed by atoms with E-state index in [9.17, 15) is 9.90 Å². The van der Waals surface area contributed by atoms with Crippen LogP contribution in [-0.4, -0.2) is 53.9 Å². The fourth-order valence-corrected chi connectivity index (χ4v) is 3.45. The molecule has 0 aromatic heterocycles. The van der Waals surface area contributed by atoms with Crippen LogP contribution in [0.4, 0.5) is 10.5 Å². The smallest absolute Gasteiger partial charge is 0.407 e. The van der Waals surface area contributed by atoms with E-state index >= 15 is 0 Å². The first-order valence-corrected chi connectivity index (χ1v) is 9.85. The highest BCUT2D eigenvalue weighted by atomic mass is 35.5. The molecule has 1 heterocycles. The van der Waals surface area contributed by atoms with Crippen molar-refractivity contribution in [3.05, 3.63) is 58.6 Å². The molecule has 3 rings (SSSR count). The summed E-state index contributed by atoms with van der Waals surface area (Å²) in [5, 5.41) is 22.9. The molecule has 0 radical (unpaired) electrons.